The van der Waals surface area contributed by atoms with Gasteiger partial charge in [0.2, 0.25) is 6.17 Å². The van der Waals surface area contributed by atoms with E-state index in [1.54, 1.807) is 0 Å². The van der Waals surface area contributed by atoms with Gasteiger partial charge in [-0.1, -0.05) is 13.3 Å². The van der Waals surface area contributed by atoms with Gasteiger partial charge in [0.1, 0.15) is 6.67 Å². The largest absolute Gasteiger partial charge is 0.317 e. The van der Waals surface area contributed by atoms with Crippen LogP contribution in [0.4, 0.5) is 30.7 Å². The third-order valence-corrected chi connectivity index (χ3v) is 2.13. The monoisotopic (exact) mass is 254 g/mol. The molecule has 2 unspecified atom stereocenters. The number of alkyl halides is 7. The first kappa shape index (κ1) is 15.5. The summed E-state index contributed by atoms with van der Waals surface area (Å²) in [7, 11) is 0. The molecule has 0 saturated carbocycles. The standard InChI is InChI=1S/C9H13F7/c1-2-3-4-8(13,14)7(12)9(15,16)6(11)5-10/h6-7H,2-5H2,1H3. The summed E-state index contributed by atoms with van der Waals surface area (Å²) in [5.41, 5.74) is 0. The van der Waals surface area contributed by atoms with Gasteiger partial charge in [0.25, 0.3) is 5.92 Å². The van der Waals surface area contributed by atoms with Crippen LogP contribution in [0.15, 0.2) is 0 Å². The van der Waals surface area contributed by atoms with Gasteiger partial charge in [0.05, 0.1) is 0 Å². The minimum absolute atomic E-state index is 0.171. The second-order valence-electron chi connectivity index (χ2n) is 3.52. The van der Waals surface area contributed by atoms with Crippen molar-refractivity contribution in [2.24, 2.45) is 0 Å². The first-order valence-corrected chi connectivity index (χ1v) is 4.79. The molecule has 0 aromatic rings. The highest BCUT2D eigenvalue weighted by atomic mass is 19.3. The maximum absolute atomic E-state index is 12.9. The van der Waals surface area contributed by atoms with E-state index >= 15 is 0 Å². The lowest BCUT2D eigenvalue weighted by atomic mass is 9.99. The van der Waals surface area contributed by atoms with E-state index in [-0.39, 0.29) is 12.8 Å². The van der Waals surface area contributed by atoms with E-state index in [0.29, 0.717) is 0 Å². The van der Waals surface area contributed by atoms with Crippen LogP contribution < -0.4 is 0 Å². The lowest BCUT2D eigenvalue weighted by Crippen LogP contribution is -2.50. The highest BCUT2D eigenvalue weighted by molar-refractivity contribution is 4.93. The Bertz CT molecular complexity index is 204. The fraction of sp³-hybridized carbons (Fsp3) is 1.00. The molecule has 98 valence electrons. The predicted molar refractivity (Wildman–Crippen MR) is 45.2 cm³/mol. The summed E-state index contributed by atoms with van der Waals surface area (Å²) in [6, 6.07) is 0. The summed E-state index contributed by atoms with van der Waals surface area (Å²) in [4.78, 5) is 0. The topological polar surface area (TPSA) is 0 Å². The molecule has 0 bridgehead atoms. The maximum atomic E-state index is 12.9. The average molecular weight is 254 g/mol. The molecule has 0 spiro atoms. The molecule has 0 amide bonds. The first-order valence-electron chi connectivity index (χ1n) is 4.79. The van der Waals surface area contributed by atoms with Crippen molar-refractivity contribution in [1.82, 2.24) is 0 Å². The van der Waals surface area contributed by atoms with Gasteiger partial charge in [-0.3, -0.25) is 0 Å². The molecular formula is C9H13F7. The minimum atomic E-state index is -5.01. The maximum Gasteiger partial charge on any atom is 0.317 e. The second kappa shape index (κ2) is 5.72. The molecule has 7 heteroatoms. The fourth-order valence-corrected chi connectivity index (χ4v) is 1.08. The Morgan fingerprint density at radius 3 is 1.94 bits per heavy atom. The van der Waals surface area contributed by atoms with Gasteiger partial charge < -0.3 is 0 Å². The highest BCUT2D eigenvalue weighted by Gasteiger charge is 2.59. The van der Waals surface area contributed by atoms with Crippen molar-refractivity contribution in [3.63, 3.8) is 0 Å². The van der Waals surface area contributed by atoms with E-state index in [4.69, 9.17) is 0 Å². The van der Waals surface area contributed by atoms with Crippen LogP contribution in [0.2, 0.25) is 0 Å². The van der Waals surface area contributed by atoms with Gasteiger partial charge in [-0.15, -0.1) is 0 Å². The van der Waals surface area contributed by atoms with Crippen molar-refractivity contribution >= 4 is 0 Å². The third-order valence-electron chi connectivity index (χ3n) is 2.13. The number of halogens is 7. The Labute approximate surface area is 88.8 Å². The Hall–Kier alpha value is -0.490. The molecular weight excluding hydrogens is 241 g/mol. The molecule has 0 N–H and O–H groups in total. The van der Waals surface area contributed by atoms with Gasteiger partial charge in [-0.25, -0.2) is 22.0 Å². The molecule has 16 heavy (non-hydrogen) atoms. The molecule has 0 aromatic heterocycles. The van der Waals surface area contributed by atoms with Crippen molar-refractivity contribution in [3.8, 4) is 0 Å². The van der Waals surface area contributed by atoms with Crippen LogP contribution in [0.5, 0.6) is 0 Å². The van der Waals surface area contributed by atoms with Crippen LogP contribution in [-0.4, -0.2) is 30.9 Å². The van der Waals surface area contributed by atoms with Crippen molar-refractivity contribution in [1.29, 1.82) is 0 Å². The molecule has 0 saturated heterocycles. The van der Waals surface area contributed by atoms with Crippen LogP contribution in [0.1, 0.15) is 26.2 Å². The Morgan fingerprint density at radius 1 is 1.06 bits per heavy atom. The number of unbranched alkanes of at least 4 members (excludes halogenated alkanes) is 1. The van der Waals surface area contributed by atoms with Crippen LogP contribution in [0.3, 0.4) is 0 Å². The SMILES string of the molecule is CCCCC(F)(F)C(F)C(F)(F)C(F)CF. The van der Waals surface area contributed by atoms with Gasteiger partial charge in [0, 0.05) is 6.42 Å². The molecule has 0 aliphatic heterocycles. The second-order valence-corrected chi connectivity index (χ2v) is 3.52. The molecule has 0 aliphatic rings. The zero-order valence-corrected chi connectivity index (χ0v) is 8.63. The van der Waals surface area contributed by atoms with E-state index in [9.17, 15) is 30.7 Å². The molecule has 0 radical (unpaired) electrons. The lowest BCUT2D eigenvalue weighted by Gasteiger charge is -2.28. The Balaban J connectivity index is 4.68. The first-order chi connectivity index (χ1) is 7.20. The van der Waals surface area contributed by atoms with Crippen molar-refractivity contribution < 1.29 is 30.7 Å². The van der Waals surface area contributed by atoms with Crippen molar-refractivity contribution in [2.75, 3.05) is 6.67 Å². The van der Waals surface area contributed by atoms with Crippen LogP contribution >= 0.6 is 0 Å². The Morgan fingerprint density at radius 2 is 1.56 bits per heavy atom. The van der Waals surface area contributed by atoms with E-state index in [1.807, 2.05) is 0 Å². The van der Waals surface area contributed by atoms with E-state index in [0.717, 1.165) is 0 Å². The summed E-state index contributed by atoms with van der Waals surface area (Å²) >= 11 is 0. The molecule has 0 nitrogen and oxygen atoms in total. The summed E-state index contributed by atoms with van der Waals surface area (Å²) in [5.74, 6) is -9.36. The Kier molecular flexibility index (Phi) is 5.55. The predicted octanol–water partition coefficient (Wildman–Crippen LogP) is 4.09. The van der Waals surface area contributed by atoms with Crippen molar-refractivity contribution in [2.45, 2.75) is 50.4 Å². The molecule has 2 atom stereocenters. The molecule has 0 fully saturated rings. The quantitative estimate of drug-likeness (QED) is 0.600. The summed E-state index contributed by atoms with van der Waals surface area (Å²) < 4.78 is 87.8. The van der Waals surface area contributed by atoms with E-state index < -0.39 is 37.3 Å². The smallest absolute Gasteiger partial charge is 0.248 e. The summed E-state index contributed by atoms with van der Waals surface area (Å²) in [6.45, 7) is -0.682. The van der Waals surface area contributed by atoms with E-state index in [1.165, 1.54) is 6.92 Å². The van der Waals surface area contributed by atoms with E-state index in [2.05, 4.69) is 0 Å². The van der Waals surface area contributed by atoms with Gasteiger partial charge in [0.15, 0.2) is 6.17 Å². The van der Waals surface area contributed by atoms with Crippen molar-refractivity contribution in [3.05, 3.63) is 0 Å². The average Bonchev–Trinajstić information content (AvgIpc) is 2.23. The van der Waals surface area contributed by atoms with Gasteiger partial charge >= 0.3 is 5.92 Å². The highest BCUT2D eigenvalue weighted by Crippen LogP contribution is 2.40. The van der Waals surface area contributed by atoms with Crippen LogP contribution in [0, 0.1) is 0 Å². The normalized spacial score (nSPS) is 17.2. The summed E-state index contributed by atoms with van der Waals surface area (Å²) in [5, 5.41) is 0. The lowest BCUT2D eigenvalue weighted by molar-refractivity contribution is -0.211. The number of hydrogen-bond acceptors (Lipinski definition) is 0. The zero-order valence-electron chi connectivity index (χ0n) is 8.63. The summed E-state index contributed by atoms with van der Waals surface area (Å²) in [6.07, 6.45) is -8.57. The molecule has 0 aromatic carbocycles. The minimum Gasteiger partial charge on any atom is -0.248 e. The molecule has 0 aliphatic carbocycles. The zero-order chi connectivity index (χ0) is 13.0. The van der Waals surface area contributed by atoms with Gasteiger partial charge in [-0.2, -0.15) is 8.78 Å². The van der Waals surface area contributed by atoms with Crippen LogP contribution in [-0.2, 0) is 0 Å². The number of rotatable bonds is 7. The van der Waals surface area contributed by atoms with Gasteiger partial charge in [-0.05, 0) is 6.42 Å². The molecule has 0 rings (SSSR count). The fourth-order valence-electron chi connectivity index (χ4n) is 1.08. The molecule has 0 heterocycles. The number of hydrogen-bond donors (Lipinski definition) is 0. The van der Waals surface area contributed by atoms with Crippen LogP contribution in [0.25, 0.3) is 0 Å². The third kappa shape index (κ3) is 3.52.